The van der Waals surface area contributed by atoms with Crippen molar-refractivity contribution in [2.24, 2.45) is 5.73 Å². The lowest BCUT2D eigenvalue weighted by atomic mass is 10.1. The van der Waals surface area contributed by atoms with Crippen LogP contribution in [0.1, 0.15) is 18.1 Å². The summed E-state index contributed by atoms with van der Waals surface area (Å²) in [6.07, 6.45) is 0.963. The van der Waals surface area contributed by atoms with Crippen molar-refractivity contribution in [1.29, 1.82) is 0 Å². The molecule has 3 heteroatoms. The van der Waals surface area contributed by atoms with Crippen LogP contribution < -0.4 is 5.73 Å². The Bertz CT molecular complexity index is 520. The molecule has 1 saturated carbocycles. The third-order valence-corrected chi connectivity index (χ3v) is 2.97. The number of hydrogen-bond acceptors (Lipinski definition) is 2. The Balaban J connectivity index is 1.95. The van der Waals surface area contributed by atoms with Gasteiger partial charge in [0.05, 0.1) is 5.56 Å². The van der Waals surface area contributed by atoms with Crippen molar-refractivity contribution in [3.63, 3.8) is 0 Å². The summed E-state index contributed by atoms with van der Waals surface area (Å²) in [6.45, 7) is 0. The molecule has 1 aromatic carbocycles. The van der Waals surface area contributed by atoms with E-state index in [2.05, 4.69) is 0 Å². The highest BCUT2D eigenvalue weighted by atomic mass is 19.1. The largest absolute Gasteiger partial charge is 0.461 e. The van der Waals surface area contributed by atoms with Gasteiger partial charge in [0.15, 0.2) is 0 Å². The molecule has 0 radical (unpaired) electrons. The molecule has 0 amide bonds. The van der Waals surface area contributed by atoms with Crippen molar-refractivity contribution in [2.45, 2.75) is 18.4 Å². The summed E-state index contributed by atoms with van der Waals surface area (Å²) in [5.41, 5.74) is 6.25. The molecule has 2 nitrogen and oxygen atoms in total. The van der Waals surface area contributed by atoms with E-state index >= 15 is 0 Å². The molecule has 2 atom stereocenters. The summed E-state index contributed by atoms with van der Waals surface area (Å²) in [7, 11) is 0. The van der Waals surface area contributed by atoms with Gasteiger partial charge in [-0.15, -0.1) is 0 Å². The van der Waals surface area contributed by atoms with Crippen LogP contribution in [0.3, 0.4) is 0 Å². The van der Waals surface area contributed by atoms with E-state index in [4.69, 9.17) is 10.2 Å². The third kappa shape index (κ3) is 1.53. The minimum Gasteiger partial charge on any atom is -0.461 e. The molecule has 0 unspecified atom stereocenters. The lowest BCUT2D eigenvalue weighted by molar-refractivity contribution is 0.517. The summed E-state index contributed by atoms with van der Waals surface area (Å²) in [5.74, 6) is 1.50. The fraction of sp³-hybridized carbons (Fsp3) is 0.231. The second-order valence-corrected chi connectivity index (χ2v) is 4.19. The molecule has 1 heterocycles. The van der Waals surface area contributed by atoms with Crippen LogP contribution in [0.5, 0.6) is 0 Å². The first-order chi connectivity index (χ1) is 7.75. The van der Waals surface area contributed by atoms with Gasteiger partial charge < -0.3 is 10.2 Å². The molecule has 0 aliphatic heterocycles. The lowest BCUT2D eigenvalue weighted by Gasteiger charge is -1.98. The summed E-state index contributed by atoms with van der Waals surface area (Å²) >= 11 is 0. The summed E-state index contributed by atoms with van der Waals surface area (Å²) in [4.78, 5) is 0. The second kappa shape index (κ2) is 3.46. The van der Waals surface area contributed by atoms with Gasteiger partial charge in [-0.25, -0.2) is 4.39 Å². The molecule has 1 aliphatic rings. The molecular formula is C13H12FNO. The van der Waals surface area contributed by atoms with Crippen molar-refractivity contribution in [1.82, 2.24) is 0 Å². The smallest absolute Gasteiger partial charge is 0.137 e. The zero-order chi connectivity index (χ0) is 11.1. The van der Waals surface area contributed by atoms with Crippen LogP contribution in [-0.2, 0) is 0 Å². The van der Waals surface area contributed by atoms with E-state index in [1.165, 1.54) is 6.07 Å². The van der Waals surface area contributed by atoms with E-state index < -0.39 is 0 Å². The van der Waals surface area contributed by atoms with Crippen LogP contribution >= 0.6 is 0 Å². The van der Waals surface area contributed by atoms with Gasteiger partial charge in [0, 0.05) is 12.0 Å². The maximum atomic E-state index is 13.5. The average molecular weight is 217 g/mol. The first kappa shape index (κ1) is 9.60. The number of nitrogens with two attached hydrogens (primary N) is 1. The quantitative estimate of drug-likeness (QED) is 0.840. The van der Waals surface area contributed by atoms with Gasteiger partial charge in [-0.05, 0) is 30.7 Å². The van der Waals surface area contributed by atoms with E-state index in [0.717, 1.165) is 12.2 Å². The van der Waals surface area contributed by atoms with E-state index in [1.54, 1.807) is 24.3 Å². The average Bonchev–Trinajstić information content (AvgIpc) is 2.82. The molecule has 1 aliphatic carbocycles. The Morgan fingerprint density at radius 1 is 1.19 bits per heavy atom. The van der Waals surface area contributed by atoms with Crippen LogP contribution in [0.4, 0.5) is 4.39 Å². The van der Waals surface area contributed by atoms with Gasteiger partial charge in [-0.2, -0.15) is 0 Å². The Kier molecular flexibility index (Phi) is 2.07. The van der Waals surface area contributed by atoms with Gasteiger partial charge in [-0.3, -0.25) is 0 Å². The lowest BCUT2D eigenvalue weighted by Crippen LogP contribution is -2.00. The molecule has 0 bridgehead atoms. The fourth-order valence-corrected chi connectivity index (χ4v) is 1.90. The Hall–Kier alpha value is -1.61. The SMILES string of the molecule is N[C@@H]1C[C@H]1c1ccc(-c2ccccc2F)o1. The van der Waals surface area contributed by atoms with E-state index in [-0.39, 0.29) is 11.9 Å². The number of rotatable bonds is 2. The zero-order valence-corrected chi connectivity index (χ0v) is 8.69. The zero-order valence-electron chi connectivity index (χ0n) is 8.69. The minimum absolute atomic E-state index is 0.208. The highest BCUT2D eigenvalue weighted by molar-refractivity contribution is 5.58. The molecule has 0 spiro atoms. The van der Waals surface area contributed by atoms with Gasteiger partial charge in [0.1, 0.15) is 17.3 Å². The molecule has 2 aromatic rings. The molecule has 1 aromatic heterocycles. The topological polar surface area (TPSA) is 39.2 Å². The predicted octanol–water partition coefficient (Wildman–Crippen LogP) is 2.90. The van der Waals surface area contributed by atoms with Crippen molar-refractivity contribution in [3.8, 4) is 11.3 Å². The van der Waals surface area contributed by atoms with Gasteiger partial charge in [0.2, 0.25) is 0 Å². The van der Waals surface area contributed by atoms with Crippen molar-refractivity contribution >= 4 is 0 Å². The summed E-state index contributed by atoms with van der Waals surface area (Å²) in [6, 6.07) is 10.5. The highest BCUT2D eigenvalue weighted by Crippen LogP contribution is 2.41. The Morgan fingerprint density at radius 3 is 2.62 bits per heavy atom. The fourth-order valence-electron chi connectivity index (χ4n) is 1.90. The van der Waals surface area contributed by atoms with Crippen LogP contribution in [0.2, 0.25) is 0 Å². The van der Waals surface area contributed by atoms with E-state index in [9.17, 15) is 4.39 Å². The molecule has 16 heavy (non-hydrogen) atoms. The van der Waals surface area contributed by atoms with Crippen molar-refractivity contribution < 1.29 is 8.81 Å². The highest BCUT2D eigenvalue weighted by Gasteiger charge is 2.37. The predicted molar refractivity (Wildman–Crippen MR) is 59.4 cm³/mol. The maximum Gasteiger partial charge on any atom is 0.137 e. The standard InChI is InChI=1S/C13H12FNO/c14-10-4-2-1-3-8(10)12-5-6-13(16-12)9-7-11(9)15/h1-6,9,11H,7,15H2/t9-,11-/m1/s1. The number of furan rings is 1. The molecule has 82 valence electrons. The van der Waals surface area contributed by atoms with Crippen molar-refractivity contribution in [2.75, 3.05) is 0 Å². The number of halogens is 1. The Labute approximate surface area is 92.9 Å². The molecule has 0 saturated heterocycles. The van der Waals surface area contributed by atoms with Crippen LogP contribution in [0, 0.1) is 5.82 Å². The number of hydrogen-bond donors (Lipinski definition) is 1. The van der Waals surface area contributed by atoms with E-state index in [0.29, 0.717) is 17.2 Å². The molecule has 1 fully saturated rings. The molecular weight excluding hydrogens is 205 g/mol. The normalized spacial score (nSPS) is 23.4. The van der Waals surface area contributed by atoms with Crippen LogP contribution in [-0.4, -0.2) is 6.04 Å². The summed E-state index contributed by atoms with van der Waals surface area (Å²) in [5, 5.41) is 0. The van der Waals surface area contributed by atoms with Gasteiger partial charge >= 0.3 is 0 Å². The van der Waals surface area contributed by atoms with E-state index in [1.807, 2.05) is 6.07 Å². The minimum atomic E-state index is -0.261. The molecule has 3 rings (SSSR count). The third-order valence-electron chi connectivity index (χ3n) is 2.97. The second-order valence-electron chi connectivity index (χ2n) is 4.19. The number of benzene rings is 1. The maximum absolute atomic E-state index is 13.5. The van der Waals surface area contributed by atoms with Gasteiger partial charge in [-0.1, -0.05) is 12.1 Å². The first-order valence-corrected chi connectivity index (χ1v) is 5.36. The van der Waals surface area contributed by atoms with Crippen molar-refractivity contribution in [3.05, 3.63) is 48.0 Å². The monoisotopic (exact) mass is 217 g/mol. The Morgan fingerprint density at radius 2 is 1.94 bits per heavy atom. The summed E-state index contributed by atoms with van der Waals surface area (Å²) < 4.78 is 19.1. The van der Waals surface area contributed by atoms with Crippen LogP contribution in [0.25, 0.3) is 11.3 Å². The first-order valence-electron chi connectivity index (χ1n) is 5.36. The van der Waals surface area contributed by atoms with Crippen LogP contribution in [0.15, 0.2) is 40.8 Å². The molecule has 2 N–H and O–H groups in total. The van der Waals surface area contributed by atoms with Gasteiger partial charge in [0.25, 0.3) is 0 Å².